The quantitative estimate of drug-likeness (QED) is 0.633. The molecular weight excluding hydrogens is 261 g/mol. The van der Waals surface area contributed by atoms with Crippen molar-refractivity contribution in [3.05, 3.63) is 32.5 Å². The van der Waals surface area contributed by atoms with Crippen molar-refractivity contribution in [2.75, 3.05) is 0 Å². The molecule has 0 saturated carbocycles. The molecule has 0 fully saturated rings. The van der Waals surface area contributed by atoms with Gasteiger partial charge in [0, 0.05) is 12.5 Å². The average molecular weight is 270 g/mol. The van der Waals surface area contributed by atoms with Crippen LogP contribution in [0.4, 0.5) is 0 Å². The number of aromatic nitrogens is 1. The molecule has 17 heavy (non-hydrogen) atoms. The number of benzene rings is 1. The summed E-state index contributed by atoms with van der Waals surface area (Å²) < 4.78 is 6.65. The molecular formula is C12H9Cl2NO2. The Labute approximate surface area is 108 Å². The largest absolute Gasteiger partial charge is 0.376 e. The fourth-order valence-corrected chi connectivity index (χ4v) is 1.85. The molecule has 0 atom stereocenters. The van der Waals surface area contributed by atoms with Crippen LogP contribution >= 0.6 is 23.2 Å². The number of hydrogen-bond donors (Lipinski definition) is 0. The standard InChI is InChI=1S/C12H9Cl2NO2/c1-2-3-4-5-15-12(16)8-6-9(13)10(14)7-11(8)17-15/h1,6-7H,3-5H2. The first-order valence-corrected chi connectivity index (χ1v) is 5.81. The molecule has 0 aliphatic heterocycles. The van der Waals surface area contributed by atoms with E-state index in [1.54, 1.807) is 0 Å². The summed E-state index contributed by atoms with van der Waals surface area (Å²) in [4.78, 5) is 11.9. The van der Waals surface area contributed by atoms with Crippen molar-refractivity contribution in [3.8, 4) is 12.3 Å². The maximum atomic E-state index is 11.9. The van der Waals surface area contributed by atoms with Gasteiger partial charge in [0.2, 0.25) is 0 Å². The maximum Gasteiger partial charge on any atom is 0.290 e. The van der Waals surface area contributed by atoms with Gasteiger partial charge in [0.15, 0.2) is 5.58 Å². The summed E-state index contributed by atoms with van der Waals surface area (Å²) in [5.41, 5.74) is 0.223. The number of hydrogen-bond acceptors (Lipinski definition) is 2. The van der Waals surface area contributed by atoms with E-state index in [9.17, 15) is 4.79 Å². The second-order valence-corrected chi connectivity index (χ2v) is 4.38. The number of halogens is 2. The summed E-state index contributed by atoms with van der Waals surface area (Å²) in [6.45, 7) is 0.451. The Bertz CT molecular complexity index is 649. The normalized spacial score (nSPS) is 10.6. The summed E-state index contributed by atoms with van der Waals surface area (Å²) in [6.07, 6.45) is 6.44. The van der Waals surface area contributed by atoms with Crippen LogP contribution in [0.1, 0.15) is 12.8 Å². The van der Waals surface area contributed by atoms with Crippen molar-refractivity contribution >= 4 is 34.2 Å². The van der Waals surface area contributed by atoms with E-state index in [1.807, 2.05) is 0 Å². The van der Waals surface area contributed by atoms with Gasteiger partial charge in [0.05, 0.1) is 22.0 Å². The van der Waals surface area contributed by atoms with Crippen LogP contribution in [0.15, 0.2) is 21.5 Å². The molecule has 2 rings (SSSR count). The topological polar surface area (TPSA) is 35.1 Å². The molecule has 0 saturated heterocycles. The zero-order chi connectivity index (χ0) is 12.4. The van der Waals surface area contributed by atoms with E-state index in [4.69, 9.17) is 34.1 Å². The van der Waals surface area contributed by atoms with Gasteiger partial charge in [-0.1, -0.05) is 23.2 Å². The molecule has 0 bridgehead atoms. The SMILES string of the molecule is C#CCCCn1oc2cc(Cl)c(Cl)cc2c1=O. The van der Waals surface area contributed by atoms with E-state index >= 15 is 0 Å². The second kappa shape index (κ2) is 4.87. The van der Waals surface area contributed by atoms with Gasteiger partial charge in [0.25, 0.3) is 5.56 Å². The van der Waals surface area contributed by atoms with Crippen LogP contribution in [0.2, 0.25) is 10.0 Å². The van der Waals surface area contributed by atoms with Crippen LogP contribution in [0.25, 0.3) is 11.0 Å². The van der Waals surface area contributed by atoms with Crippen molar-refractivity contribution < 1.29 is 4.52 Å². The van der Waals surface area contributed by atoms with Crippen molar-refractivity contribution in [3.63, 3.8) is 0 Å². The van der Waals surface area contributed by atoms with Gasteiger partial charge < -0.3 is 4.52 Å². The van der Waals surface area contributed by atoms with Crippen molar-refractivity contribution in [2.45, 2.75) is 19.4 Å². The number of terminal acetylenes is 1. The second-order valence-electron chi connectivity index (χ2n) is 3.57. The molecule has 0 radical (unpaired) electrons. The Hall–Kier alpha value is -1.37. The number of rotatable bonds is 3. The number of unbranched alkanes of at least 4 members (excludes halogenated alkanes) is 1. The zero-order valence-electron chi connectivity index (χ0n) is 8.87. The van der Waals surface area contributed by atoms with E-state index in [1.165, 1.54) is 16.9 Å². The predicted octanol–water partition coefficient (Wildman–Crippen LogP) is 3.31. The molecule has 3 nitrogen and oxygen atoms in total. The first kappa shape index (κ1) is 12.1. The lowest BCUT2D eigenvalue weighted by Gasteiger charge is -1.95. The zero-order valence-corrected chi connectivity index (χ0v) is 10.4. The fraction of sp³-hybridized carbons (Fsp3) is 0.250. The average Bonchev–Trinajstić information content (AvgIpc) is 2.58. The molecule has 0 aliphatic rings. The summed E-state index contributed by atoms with van der Waals surface area (Å²) >= 11 is 11.7. The fourth-order valence-electron chi connectivity index (χ4n) is 1.54. The Kier molecular flexibility index (Phi) is 3.46. The smallest absolute Gasteiger partial charge is 0.290 e. The lowest BCUT2D eigenvalue weighted by molar-refractivity contribution is 0.278. The Morgan fingerprint density at radius 1 is 1.35 bits per heavy atom. The highest BCUT2D eigenvalue weighted by atomic mass is 35.5. The van der Waals surface area contributed by atoms with Crippen molar-refractivity contribution in [2.24, 2.45) is 0 Å². The van der Waals surface area contributed by atoms with E-state index in [-0.39, 0.29) is 5.56 Å². The van der Waals surface area contributed by atoms with Crippen LogP contribution in [0.3, 0.4) is 0 Å². The van der Waals surface area contributed by atoms with Gasteiger partial charge in [-0.15, -0.1) is 12.3 Å². The van der Waals surface area contributed by atoms with Crippen LogP contribution in [-0.2, 0) is 6.54 Å². The molecule has 0 aliphatic carbocycles. The highest BCUT2D eigenvalue weighted by molar-refractivity contribution is 6.42. The van der Waals surface area contributed by atoms with E-state index < -0.39 is 0 Å². The van der Waals surface area contributed by atoms with Crippen LogP contribution in [0, 0.1) is 12.3 Å². The lowest BCUT2D eigenvalue weighted by atomic mass is 10.2. The van der Waals surface area contributed by atoms with Gasteiger partial charge in [-0.2, -0.15) is 4.74 Å². The Balaban J connectivity index is 2.43. The monoisotopic (exact) mass is 269 g/mol. The van der Waals surface area contributed by atoms with Crippen LogP contribution in [0.5, 0.6) is 0 Å². The lowest BCUT2D eigenvalue weighted by Crippen LogP contribution is -2.14. The summed E-state index contributed by atoms with van der Waals surface area (Å²) in [7, 11) is 0. The minimum atomic E-state index is -0.212. The predicted molar refractivity (Wildman–Crippen MR) is 68.6 cm³/mol. The summed E-state index contributed by atoms with van der Waals surface area (Å²) in [6, 6.07) is 3.06. The molecule has 5 heteroatoms. The first-order chi connectivity index (χ1) is 8.13. The number of aryl methyl sites for hydroxylation is 1. The van der Waals surface area contributed by atoms with Gasteiger partial charge in [-0.05, 0) is 12.5 Å². The minimum Gasteiger partial charge on any atom is -0.376 e. The third-order valence-corrected chi connectivity index (χ3v) is 3.09. The van der Waals surface area contributed by atoms with Crippen LogP contribution in [-0.4, -0.2) is 4.74 Å². The third kappa shape index (κ3) is 2.33. The molecule has 0 amide bonds. The van der Waals surface area contributed by atoms with Crippen molar-refractivity contribution in [1.29, 1.82) is 0 Å². The van der Waals surface area contributed by atoms with E-state index in [2.05, 4.69) is 5.92 Å². The third-order valence-electron chi connectivity index (χ3n) is 2.37. The van der Waals surface area contributed by atoms with E-state index in [0.717, 1.165) is 0 Å². The summed E-state index contributed by atoms with van der Waals surface area (Å²) in [5, 5.41) is 1.14. The molecule has 1 heterocycles. The number of nitrogens with zero attached hydrogens (tertiary/aromatic N) is 1. The number of fused-ring (bicyclic) bond motifs is 1. The molecule has 1 aromatic carbocycles. The van der Waals surface area contributed by atoms with Crippen LogP contribution < -0.4 is 5.56 Å². The molecule has 1 aromatic heterocycles. The van der Waals surface area contributed by atoms with Gasteiger partial charge >= 0.3 is 0 Å². The molecule has 0 spiro atoms. The Morgan fingerprint density at radius 2 is 2.06 bits per heavy atom. The molecule has 0 N–H and O–H groups in total. The minimum absolute atomic E-state index is 0.212. The molecule has 88 valence electrons. The van der Waals surface area contributed by atoms with Gasteiger partial charge in [0.1, 0.15) is 0 Å². The highest BCUT2D eigenvalue weighted by Gasteiger charge is 2.11. The van der Waals surface area contributed by atoms with Crippen molar-refractivity contribution in [1.82, 2.24) is 4.74 Å². The van der Waals surface area contributed by atoms with E-state index in [0.29, 0.717) is 40.4 Å². The highest BCUT2D eigenvalue weighted by Crippen LogP contribution is 2.26. The Morgan fingerprint density at radius 3 is 2.76 bits per heavy atom. The van der Waals surface area contributed by atoms with Gasteiger partial charge in [-0.25, -0.2) is 0 Å². The van der Waals surface area contributed by atoms with Gasteiger partial charge in [-0.3, -0.25) is 4.79 Å². The first-order valence-electron chi connectivity index (χ1n) is 5.06. The maximum absolute atomic E-state index is 11.9. The molecule has 0 unspecified atom stereocenters. The summed E-state index contributed by atoms with van der Waals surface area (Å²) in [5.74, 6) is 2.51. The molecule has 2 aromatic rings.